The predicted molar refractivity (Wildman–Crippen MR) is 65.9 cm³/mol. The van der Waals surface area contributed by atoms with Crippen LogP contribution in [0.15, 0.2) is 24.4 Å². The number of hydrogen-bond donors (Lipinski definition) is 1. The summed E-state index contributed by atoms with van der Waals surface area (Å²) in [6.07, 6.45) is 1.67. The summed E-state index contributed by atoms with van der Waals surface area (Å²) in [5, 5.41) is 0. The van der Waals surface area contributed by atoms with Gasteiger partial charge in [0, 0.05) is 12.6 Å². The van der Waals surface area contributed by atoms with Crippen LogP contribution in [-0.4, -0.2) is 16.7 Å². The standard InChI is InChI=1S/C12H12N4O/c1-14-12-15-7-10(16(12)2)8-4-5-9(13)11(6-8)17-3/h4-7H,13H2,2-3H3. The van der Waals surface area contributed by atoms with Crippen molar-refractivity contribution in [3.05, 3.63) is 35.8 Å². The minimum atomic E-state index is 0.357. The van der Waals surface area contributed by atoms with E-state index in [-0.39, 0.29) is 0 Å². The molecule has 86 valence electrons. The summed E-state index contributed by atoms with van der Waals surface area (Å²) in [7, 11) is 3.38. The van der Waals surface area contributed by atoms with Gasteiger partial charge in [-0.05, 0) is 18.2 Å². The number of anilines is 1. The van der Waals surface area contributed by atoms with Gasteiger partial charge in [-0.1, -0.05) is 0 Å². The van der Waals surface area contributed by atoms with Crippen molar-refractivity contribution in [2.45, 2.75) is 0 Å². The Bertz CT molecular complexity index is 595. The molecule has 0 unspecified atom stereocenters. The number of imidazole rings is 1. The Morgan fingerprint density at radius 1 is 1.47 bits per heavy atom. The second-order valence-corrected chi connectivity index (χ2v) is 3.57. The van der Waals surface area contributed by atoms with Gasteiger partial charge >= 0.3 is 5.95 Å². The van der Waals surface area contributed by atoms with Crippen molar-refractivity contribution in [2.75, 3.05) is 12.8 Å². The number of benzene rings is 1. The van der Waals surface area contributed by atoms with E-state index in [2.05, 4.69) is 9.83 Å². The maximum atomic E-state index is 6.97. The van der Waals surface area contributed by atoms with Crippen LogP contribution in [-0.2, 0) is 7.05 Å². The number of aromatic nitrogens is 2. The lowest BCUT2D eigenvalue weighted by molar-refractivity contribution is 0.417. The maximum absolute atomic E-state index is 6.97. The SMILES string of the molecule is [C-]#[N+]c1ncc(-c2ccc(N)c(OC)c2)n1C. The van der Waals surface area contributed by atoms with Crippen molar-refractivity contribution in [1.82, 2.24) is 9.55 Å². The summed E-state index contributed by atoms with van der Waals surface area (Å²) in [5.74, 6) is 0.976. The summed E-state index contributed by atoms with van der Waals surface area (Å²) in [4.78, 5) is 7.35. The minimum absolute atomic E-state index is 0.357. The van der Waals surface area contributed by atoms with Gasteiger partial charge in [-0.15, -0.1) is 6.57 Å². The number of rotatable bonds is 2. The van der Waals surface area contributed by atoms with Crippen LogP contribution >= 0.6 is 0 Å². The molecule has 0 radical (unpaired) electrons. The van der Waals surface area contributed by atoms with Crippen molar-refractivity contribution in [2.24, 2.45) is 7.05 Å². The molecule has 1 heterocycles. The molecule has 0 atom stereocenters. The van der Waals surface area contributed by atoms with E-state index in [1.54, 1.807) is 31.0 Å². The van der Waals surface area contributed by atoms with Crippen LogP contribution < -0.4 is 10.5 Å². The number of nitrogen functional groups attached to an aromatic ring is 1. The van der Waals surface area contributed by atoms with E-state index in [9.17, 15) is 0 Å². The Morgan fingerprint density at radius 2 is 2.24 bits per heavy atom. The van der Waals surface area contributed by atoms with Gasteiger partial charge in [0.25, 0.3) is 0 Å². The van der Waals surface area contributed by atoms with E-state index in [1.807, 2.05) is 12.1 Å². The van der Waals surface area contributed by atoms with Crippen molar-refractivity contribution in [3.8, 4) is 17.0 Å². The molecule has 0 aliphatic carbocycles. The number of nitrogens with zero attached hydrogens (tertiary/aromatic N) is 3. The van der Waals surface area contributed by atoms with Gasteiger partial charge in [0.2, 0.25) is 0 Å². The van der Waals surface area contributed by atoms with E-state index in [0.29, 0.717) is 17.4 Å². The molecule has 2 N–H and O–H groups in total. The summed E-state index contributed by atoms with van der Waals surface area (Å²) < 4.78 is 6.90. The first-order chi connectivity index (χ1) is 8.17. The van der Waals surface area contributed by atoms with Crippen molar-refractivity contribution < 1.29 is 4.74 Å². The summed E-state index contributed by atoms with van der Waals surface area (Å²) >= 11 is 0. The van der Waals surface area contributed by atoms with Crippen LogP contribution in [0.1, 0.15) is 0 Å². The van der Waals surface area contributed by atoms with Crippen molar-refractivity contribution in [1.29, 1.82) is 0 Å². The zero-order valence-corrected chi connectivity index (χ0v) is 9.64. The molecule has 0 bridgehead atoms. The smallest absolute Gasteiger partial charge is 0.338 e. The molecule has 1 aromatic carbocycles. The molecule has 5 nitrogen and oxygen atoms in total. The summed E-state index contributed by atoms with van der Waals surface area (Å²) in [6, 6.07) is 5.49. The number of hydrogen-bond acceptors (Lipinski definition) is 3. The summed E-state index contributed by atoms with van der Waals surface area (Å²) in [5.41, 5.74) is 8.11. The monoisotopic (exact) mass is 228 g/mol. The fourth-order valence-electron chi connectivity index (χ4n) is 1.64. The first-order valence-corrected chi connectivity index (χ1v) is 5.00. The average Bonchev–Trinajstić information content (AvgIpc) is 2.71. The Labute approximate surface area is 99.3 Å². The molecule has 0 aliphatic rings. The molecular formula is C12H12N4O. The van der Waals surface area contributed by atoms with E-state index < -0.39 is 0 Å². The molecule has 0 spiro atoms. The third-order valence-corrected chi connectivity index (χ3v) is 2.59. The highest BCUT2D eigenvalue weighted by molar-refractivity contribution is 5.68. The van der Waals surface area contributed by atoms with Crippen LogP contribution in [0.2, 0.25) is 0 Å². The van der Waals surface area contributed by atoms with Crippen LogP contribution in [0.4, 0.5) is 11.6 Å². The lowest BCUT2D eigenvalue weighted by Crippen LogP contribution is -1.94. The molecule has 2 rings (SSSR count). The van der Waals surface area contributed by atoms with Gasteiger partial charge in [0.15, 0.2) is 0 Å². The highest BCUT2D eigenvalue weighted by atomic mass is 16.5. The molecule has 5 heteroatoms. The van der Waals surface area contributed by atoms with Gasteiger partial charge in [0.05, 0.1) is 12.8 Å². The zero-order valence-electron chi connectivity index (χ0n) is 9.64. The van der Waals surface area contributed by atoms with Crippen LogP contribution in [0.5, 0.6) is 5.75 Å². The first kappa shape index (κ1) is 11.0. The molecular weight excluding hydrogens is 216 g/mol. The third kappa shape index (κ3) is 1.81. The Morgan fingerprint density at radius 3 is 2.82 bits per heavy atom. The molecule has 0 saturated carbocycles. The molecule has 2 aromatic rings. The van der Waals surface area contributed by atoms with Gasteiger partial charge < -0.3 is 15.3 Å². The number of methoxy groups -OCH3 is 1. The van der Waals surface area contributed by atoms with Crippen LogP contribution in [0, 0.1) is 6.57 Å². The lowest BCUT2D eigenvalue weighted by Gasteiger charge is -2.06. The van der Waals surface area contributed by atoms with E-state index in [4.69, 9.17) is 17.0 Å². The maximum Gasteiger partial charge on any atom is 0.338 e. The average molecular weight is 228 g/mol. The molecule has 0 amide bonds. The Kier molecular flexibility index (Phi) is 2.71. The van der Waals surface area contributed by atoms with Gasteiger partial charge in [-0.3, -0.25) is 4.57 Å². The van der Waals surface area contributed by atoms with Gasteiger partial charge in [-0.25, -0.2) is 0 Å². The fourth-order valence-corrected chi connectivity index (χ4v) is 1.64. The molecule has 1 aromatic heterocycles. The Hall–Kier alpha value is -2.48. The van der Waals surface area contributed by atoms with Crippen LogP contribution in [0.3, 0.4) is 0 Å². The number of ether oxygens (including phenoxy) is 1. The van der Waals surface area contributed by atoms with E-state index >= 15 is 0 Å². The molecule has 17 heavy (non-hydrogen) atoms. The fraction of sp³-hybridized carbons (Fsp3) is 0.167. The normalized spacial score (nSPS) is 9.94. The predicted octanol–water partition coefficient (Wildman–Crippen LogP) is 2.23. The largest absolute Gasteiger partial charge is 0.495 e. The first-order valence-electron chi connectivity index (χ1n) is 5.00. The Balaban J connectivity index is 2.54. The minimum Gasteiger partial charge on any atom is -0.495 e. The summed E-state index contributed by atoms with van der Waals surface area (Å²) in [6.45, 7) is 6.97. The van der Waals surface area contributed by atoms with Crippen LogP contribution in [0.25, 0.3) is 16.1 Å². The highest BCUT2D eigenvalue weighted by Crippen LogP contribution is 2.30. The van der Waals surface area contributed by atoms with Gasteiger partial charge in [-0.2, -0.15) is 4.98 Å². The third-order valence-electron chi connectivity index (χ3n) is 2.59. The second kappa shape index (κ2) is 4.18. The van der Waals surface area contributed by atoms with E-state index in [1.165, 1.54) is 0 Å². The van der Waals surface area contributed by atoms with Crippen molar-refractivity contribution in [3.63, 3.8) is 0 Å². The highest BCUT2D eigenvalue weighted by Gasteiger charge is 2.12. The molecule has 0 saturated heterocycles. The second-order valence-electron chi connectivity index (χ2n) is 3.57. The van der Waals surface area contributed by atoms with Gasteiger partial charge in [0.1, 0.15) is 17.6 Å². The molecule has 0 aliphatic heterocycles. The quantitative estimate of drug-likeness (QED) is 0.633. The van der Waals surface area contributed by atoms with E-state index in [0.717, 1.165) is 11.3 Å². The van der Waals surface area contributed by atoms with Crippen molar-refractivity contribution >= 4 is 11.6 Å². The topological polar surface area (TPSA) is 57.4 Å². The molecule has 0 fully saturated rings. The lowest BCUT2D eigenvalue weighted by atomic mass is 10.1. The number of nitrogens with two attached hydrogens (primary N) is 1. The zero-order chi connectivity index (χ0) is 12.4.